The van der Waals surface area contributed by atoms with E-state index in [0.717, 1.165) is 11.1 Å². The van der Waals surface area contributed by atoms with Crippen molar-refractivity contribution in [3.63, 3.8) is 0 Å². The molecular weight excluding hydrogens is 476 g/mol. The zero-order valence-electron chi connectivity index (χ0n) is 18.4. The SMILES string of the molecule is CC(C)C(=O)N1COCc2cc(N3CCC(c4cc(Cl)cc(Cl)c4)(C(F)(F)F)C3)ccc2C1. The summed E-state index contributed by atoms with van der Waals surface area (Å²) in [5, 5.41) is 0.365. The van der Waals surface area contributed by atoms with Gasteiger partial charge in [-0.25, -0.2) is 0 Å². The minimum Gasteiger partial charge on any atom is -0.370 e. The fourth-order valence-corrected chi connectivity index (χ4v) is 5.14. The van der Waals surface area contributed by atoms with Gasteiger partial charge in [0.2, 0.25) is 5.91 Å². The number of ether oxygens (including phenoxy) is 1. The second kappa shape index (κ2) is 9.01. The number of fused-ring (bicyclic) bond motifs is 1. The average molecular weight is 501 g/mol. The number of nitrogens with zero attached hydrogens (tertiary/aromatic N) is 2. The van der Waals surface area contributed by atoms with Crippen molar-refractivity contribution < 1.29 is 22.7 Å². The first-order valence-corrected chi connectivity index (χ1v) is 11.5. The highest BCUT2D eigenvalue weighted by molar-refractivity contribution is 6.34. The van der Waals surface area contributed by atoms with Crippen LogP contribution in [0.4, 0.5) is 18.9 Å². The highest BCUT2D eigenvalue weighted by Crippen LogP contribution is 2.49. The fraction of sp³-hybridized carbons (Fsp3) is 0.458. The Bertz CT molecular complexity index is 1040. The Hall–Kier alpha value is -1.96. The Morgan fingerprint density at radius 2 is 1.79 bits per heavy atom. The minimum absolute atomic E-state index is 0.00149. The number of carbonyl (C=O) groups excluding carboxylic acids is 1. The highest BCUT2D eigenvalue weighted by Gasteiger charge is 2.59. The van der Waals surface area contributed by atoms with E-state index in [1.165, 1.54) is 18.2 Å². The summed E-state index contributed by atoms with van der Waals surface area (Å²) in [7, 11) is 0. The van der Waals surface area contributed by atoms with E-state index in [0.29, 0.717) is 18.8 Å². The summed E-state index contributed by atoms with van der Waals surface area (Å²) in [6.45, 7) is 4.59. The first-order chi connectivity index (χ1) is 15.5. The number of halogens is 5. The van der Waals surface area contributed by atoms with Gasteiger partial charge < -0.3 is 14.5 Å². The highest BCUT2D eigenvalue weighted by atomic mass is 35.5. The third kappa shape index (κ3) is 4.68. The first-order valence-electron chi connectivity index (χ1n) is 10.8. The van der Waals surface area contributed by atoms with Crippen LogP contribution >= 0.6 is 23.2 Å². The minimum atomic E-state index is -4.47. The molecule has 0 aromatic heterocycles. The largest absolute Gasteiger partial charge is 0.400 e. The molecular formula is C24H25Cl2F3N2O2. The monoisotopic (exact) mass is 500 g/mol. The number of alkyl halides is 3. The summed E-state index contributed by atoms with van der Waals surface area (Å²) in [6, 6.07) is 9.72. The van der Waals surface area contributed by atoms with Crippen LogP contribution in [-0.2, 0) is 28.1 Å². The summed E-state index contributed by atoms with van der Waals surface area (Å²) in [5.41, 5.74) is 0.525. The van der Waals surface area contributed by atoms with Gasteiger partial charge in [-0.3, -0.25) is 4.79 Å². The molecule has 4 nitrogen and oxygen atoms in total. The van der Waals surface area contributed by atoms with Crippen LogP contribution < -0.4 is 4.90 Å². The van der Waals surface area contributed by atoms with Gasteiger partial charge in [0.25, 0.3) is 0 Å². The molecule has 0 N–H and O–H groups in total. The van der Waals surface area contributed by atoms with Crippen LogP contribution in [0.3, 0.4) is 0 Å². The number of carbonyl (C=O) groups is 1. The maximum absolute atomic E-state index is 14.4. The molecule has 1 unspecified atom stereocenters. The van der Waals surface area contributed by atoms with Crippen LogP contribution in [-0.4, -0.2) is 36.8 Å². The van der Waals surface area contributed by atoms with Crippen molar-refractivity contribution in [1.82, 2.24) is 4.90 Å². The number of hydrogen-bond acceptors (Lipinski definition) is 3. The lowest BCUT2D eigenvalue weighted by Gasteiger charge is -2.33. The Morgan fingerprint density at radius 3 is 2.42 bits per heavy atom. The molecule has 178 valence electrons. The second-order valence-electron chi connectivity index (χ2n) is 9.03. The van der Waals surface area contributed by atoms with Crippen molar-refractivity contribution in [3.05, 3.63) is 63.1 Å². The lowest BCUT2D eigenvalue weighted by Crippen LogP contribution is -2.44. The maximum Gasteiger partial charge on any atom is 0.400 e. The quantitative estimate of drug-likeness (QED) is 0.504. The zero-order valence-corrected chi connectivity index (χ0v) is 19.9. The number of rotatable bonds is 3. The molecule has 0 bridgehead atoms. The second-order valence-corrected chi connectivity index (χ2v) is 9.90. The third-order valence-electron chi connectivity index (χ3n) is 6.45. The van der Waals surface area contributed by atoms with Crippen molar-refractivity contribution in [3.8, 4) is 0 Å². The van der Waals surface area contributed by atoms with Crippen molar-refractivity contribution in [2.75, 3.05) is 24.7 Å². The van der Waals surface area contributed by atoms with E-state index in [9.17, 15) is 18.0 Å². The van der Waals surface area contributed by atoms with E-state index in [4.69, 9.17) is 27.9 Å². The molecule has 4 rings (SSSR count). The summed E-state index contributed by atoms with van der Waals surface area (Å²) in [6.07, 6.45) is -4.57. The molecule has 0 aliphatic carbocycles. The molecule has 2 aromatic rings. The van der Waals surface area contributed by atoms with E-state index in [-0.39, 0.29) is 53.7 Å². The van der Waals surface area contributed by atoms with Gasteiger partial charge in [-0.2, -0.15) is 13.2 Å². The maximum atomic E-state index is 14.4. The smallest absolute Gasteiger partial charge is 0.370 e. The lowest BCUT2D eigenvalue weighted by molar-refractivity contribution is -0.184. The standard InChI is InChI=1S/C24H25Cl2F3N2O2/c1-15(2)22(32)31-11-16-3-4-21(7-17(16)12-33-14-31)30-6-5-23(13-30,24(27,28)29)18-8-19(25)10-20(26)9-18/h3-4,7-10,15H,5-6,11-14H2,1-2H3. The topological polar surface area (TPSA) is 32.8 Å². The van der Waals surface area contributed by atoms with Crippen molar-refractivity contribution in [2.24, 2.45) is 5.92 Å². The van der Waals surface area contributed by atoms with Gasteiger partial charge in [0, 0.05) is 41.3 Å². The molecule has 33 heavy (non-hydrogen) atoms. The normalized spacial score (nSPS) is 21.3. The van der Waals surface area contributed by atoms with Gasteiger partial charge in [0.1, 0.15) is 12.1 Å². The van der Waals surface area contributed by atoms with E-state index in [1.54, 1.807) is 9.80 Å². The van der Waals surface area contributed by atoms with Crippen LogP contribution in [0.1, 0.15) is 37.0 Å². The van der Waals surface area contributed by atoms with Crippen LogP contribution in [0.2, 0.25) is 10.0 Å². The summed E-state index contributed by atoms with van der Waals surface area (Å²) >= 11 is 12.1. The number of amides is 1. The van der Waals surface area contributed by atoms with Crippen LogP contribution in [0.15, 0.2) is 36.4 Å². The molecule has 2 aliphatic heterocycles. The molecule has 0 radical (unpaired) electrons. The molecule has 0 spiro atoms. The zero-order chi connectivity index (χ0) is 24.0. The third-order valence-corrected chi connectivity index (χ3v) is 6.89. The Kier molecular flexibility index (Phi) is 6.60. The molecule has 1 atom stereocenters. The molecule has 1 saturated heterocycles. The van der Waals surface area contributed by atoms with Crippen LogP contribution in [0.5, 0.6) is 0 Å². The van der Waals surface area contributed by atoms with E-state index in [1.807, 2.05) is 32.0 Å². The van der Waals surface area contributed by atoms with Crippen molar-refractivity contribution >= 4 is 34.8 Å². The molecule has 9 heteroatoms. The lowest BCUT2D eigenvalue weighted by atomic mass is 9.79. The first kappa shape index (κ1) is 24.2. The van der Waals surface area contributed by atoms with Crippen LogP contribution in [0.25, 0.3) is 0 Å². The average Bonchev–Trinajstić information content (AvgIpc) is 3.09. The predicted molar refractivity (Wildman–Crippen MR) is 123 cm³/mol. The summed E-state index contributed by atoms with van der Waals surface area (Å²) in [4.78, 5) is 15.8. The molecule has 2 aliphatic rings. The van der Waals surface area contributed by atoms with E-state index in [2.05, 4.69) is 0 Å². The van der Waals surface area contributed by atoms with Gasteiger partial charge in [-0.1, -0.05) is 43.1 Å². The number of anilines is 1. The van der Waals surface area contributed by atoms with Gasteiger partial charge in [0.15, 0.2) is 0 Å². The molecule has 2 aromatic carbocycles. The summed E-state index contributed by atoms with van der Waals surface area (Å²) < 4.78 is 48.9. The molecule has 0 saturated carbocycles. The Labute approximate surface area is 201 Å². The van der Waals surface area contributed by atoms with Crippen molar-refractivity contribution in [1.29, 1.82) is 0 Å². The molecule has 1 fully saturated rings. The predicted octanol–water partition coefficient (Wildman–Crippen LogP) is 6.18. The Balaban J connectivity index is 1.62. The van der Waals surface area contributed by atoms with Crippen molar-refractivity contribution in [2.45, 2.75) is 45.0 Å². The van der Waals surface area contributed by atoms with E-state index >= 15 is 0 Å². The fourth-order valence-electron chi connectivity index (χ4n) is 4.61. The van der Waals surface area contributed by atoms with Gasteiger partial charge in [0.05, 0.1) is 6.61 Å². The van der Waals surface area contributed by atoms with Gasteiger partial charge in [-0.05, 0) is 53.4 Å². The summed E-state index contributed by atoms with van der Waals surface area (Å²) in [5.74, 6) is -0.142. The molecule has 1 amide bonds. The van der Waals surface area contributed by atoms with Gasteiger partial charge >= 0.3 is 6.18 Å². The number of hydrogen-bond donors (Lipinski definition) is 0. The van der Waals surface area contributed by atoms with E-state index < -0.39 is 11.6 Å². The van der Waals surface area contributed by atoms with Crippen LogP contribution in [0, 0.1) is 5.92 Å². The Morgan fingerprint density at radius 1 is 1.09 bits per heavy atom. The molecule has 2 heterocycles. The number of benzene rings is 2. The van der Waals surface area contributed by atoms with Gasteiger partial charge in [-0.15, -0.1) is 0 Å².